The number of rotatable bonds is 5. The molecule has 5 nitrogen and oxygen atoms in total. The lowest BCUT2D eigenvalue weighted by atomic mass is 9.95. The molecule has 1 saturated heterocycles. The molecule has 0 aromatic heterocycles. The fourth-order valence-electron chi connectivity index (χ4n) is 3.11. The van der Waals surface area contributed by atoms with Gasteiger partial charge in [0.2, 0.25) is 5.91 Å². The summed E-state index contributed by atoms with van der Waals surface area (Å²) in [7, 11) is 1.66. The van der Waals surface area contributed by atoms with Gasteiger partial charge in [0, 0.05) is 19.1 Å². The normalized spacial score (nSPS) is 22.5. The summed E-state index contributed by atoms with van der Waals surface area (Å²) >= 11 is 0. The molecule has 1 aromatic rings. The summed E-state index contributed by atoms with van der Waals surface area (Å²) < 4.78 is 5.31. The molecule has 0 bridgehead atoms. The molecule has 1 aliphatic heterocycles. The Labute approximate surface area is 126 Å². The molecular weight excluding hydrogens is 266 g/mol. The van der Waals surface area contributed by atoms with Gasteiger partial charge in [-0.05, 0) is 31.0 Å². The fourth-order valence-corrected chi connectivity index (χ4v) is 3.11. The third-order valence-corrected chi connectivity index (χ3v) is 4.05. The van der Waals surface area contributed by atoms with Crippen molar-refractivity contribution in [1.29, 1.82) is 0 Å². The third-order valence-electron chi connectivity index (χ3n) is 4.05. The predicted octanol–water partition coefficient (Wildman–Crippen LogP) is 1.29. The fraction of sp³-hybridized carbons (Fsp3) is 0.562. The van der Waals surface area contributed by atoms with Crippen LogP contribution in [-0.4, -0.2) is 43.1 Å². The van der Waals surface area contributed by atoms with Crippen LogP contribution in [0.15, 0.2) is 24.3 Å². The Bertz CT molecular complexity index is 490. The van der Waals surface area contributed by atoms with Crippen LogP contribution < -0.4 is 15.8 Å². The van der Waals surface area contributed by atoms with E-state index in [0.717, 1.165) is 24.3 Å². The van der Waals surface area contributed by atoms with Crippen LogP contribution in [0.2, 0.25) is 0 Å². The Morgan fingerprint density at radius 2 is 2.29 bits per heavy atom. The number of piperazine rings is 1. The Hall–Kier alpha value is -1.59. The van der Waals surface area contributed by atoms with E-state index >= 15 is 0 Å². The molecule has 1 aromatic carbocycles. The molecule has 0 radical (unpaired) electrons. The van der Waals surface area contributed by atoms with Gasteiger partial charge in [0.1, 0.15) is 5.75 Å². The van der Waals surface area contributed by atoms with Gasteiger partial charge in [0.05, 0.1) is 19.2 Å². The van der Waals surface area contributed by atoms with Gasteiger partial charge in [-0.25, -0.2) is 0 Å². The number of nitrogens with one attached hydrogen (secondary N) is 1. The number of hydrogen-bond acceptors (Lipinski definition) is 4. The van der Waals surface area contributed by atoms with E-state index in [1.165, 1.54) is 0 Å². The first-order chi connectivity index (χ1) is 10.1. The summed E-state index contributed by atoms with van der Waals surface area (Å²) in [5.41, 5.74) is 7.33. The maximum Gasteiger partial charge on any atom is 0.237 e. The van der Waals surface area contributed by atoms with E-state index in [1.807, 2.05) is 32.0 Å². The maximum absolute atomic E-state index is 12.1. The molecule has 1 heterocycles. The Kier molecular flexibility index (Phi) is 5.20. The van der Waals surface area contributed by atoms with Crippen molar-refractivity contribution in [2.24, 2.45) is 5.73 Å². The van der Waals surface area contributed by atoms with E-state index in [9.17, 15) is 4.79 Å². The van der Waals surface area contributed by atoms with Crippen LogP contribution in [0.4, 0.5) is 0 Å². The number of benzene rings is 1. The maximum atomic E-state index is 12.1. The summed E-state index contributed by atoms with van der Waals surface area (Å²) in [6, 6.07) is 7.76. The number of hydrogen-bond donors (Lipinski definition) is 2. The zero-order chi connectivity index (χ0) is 15.4. The molecule has 21 heavy (non-hydrogen) atoms. The van der Waals surface area contributed by atoms with E-state index in [4.69, 9.17) is 10.5 Å². The monoisotopic (exact) mass is 291 g/mol. The SMILES string of the molecule is CCC1C(=O)NCCN1C(c1cccc(OC)c1)C(C)N. The standard InChI is InChI=1S/C16H25N3O2/c1-4-14-16(20)18-8-9-19(14)15(11(2)17)12-6-5-7-13(10-12)21-3/h5-7,10-11,14-15H,4,8-9,17H2,1-3H3,(H,18,20). The zero-order valence-electron chi connectivity index (χ0n) is 13.0. The molecule has 116 valence electrons. The van der Waals surface area contributed by atoms with Crippen LogP contribution in [0.25, 0.3) is 0 Å². The van der Waals surface area contributed by atoms with Gasteiger partial charge < -0.3 is 15.8 Å². The molecule has 0 aliphatic carbocycles. The van der Waals surface area contributed by atoms with E-state index in [2.05, 4.69) is 16.3 Å². The lowest BCUT2D eigenvalue weighted by Gasteiger charge is -2.42. The van der Waals surface area contributed by atoms with Crippen LogP contribution in [0, 0.1) is 0 Å². The van der Waals surface area contributed by atoms with Crippen molar-refractivity contribution in [1.82, 2.24) is 10.2 Å². The lowest BCUT2D eigenvalue weighted by Crippen LogP contribution is -2.58. The van der Waals surface area contributed by atoms with Gasteiger partial charge in [-0.15, -0.1) is 0 Å². The molecule has 3 atom stereocenters. The van der Waals surface area contributed by atoms with E-state index in [1.54, 1.807) is 7.11 Å². The number of nitrogens with two attached hydrogens (primary N) is 1. The van der Waals surface area contributed by atoms with Crippen LogP contribution in [0.5, 0.6) is 5.75 Å². The average molecular weight is 291 g/mol. The van der Waals surface area contributed by atoms with Crippen molar-refractivity contribution in [3.63, 3.8) is 0 Å². The number of amides is 1. The summed E-state index contributed by atoms with van der Waals surface area (Å²) in [6.45, 7) is 5.51. The van der Waals surface area contributed by atoms with Crippen LogP contribution in [0.1, 0.15) is 31.9 Å². The van der Waals surface area contributed by atoms with E-state index in [-0.39, 0.29) is 24.0 Å². The highest BCUT2D eigenvalue weighted by Crippen LogP contribution is 2.29. The largest absolute Gasteiger partial charge is 0.497 e. The minimum absolute atomic E-state index is 0.0103. The Morgan fingerprint density at radius 1 is 1.52 bits per heavy atom. The highest BCUT2D eigenvalue weighted by Gasteiger charge is 2.35. The summed E-state index contributed by atoms with van der Waals surface area (Å²) in [5.74, 6) is 0.907. The van der Waals surface area contributed by atoms with Crippen molar-refractivity contribution >= 4 is 5.91 Å². The molecule has 0 saturated carbocycles. The number of carbonyl (C=O) groups excluding carboxylic acids is 1. The molecule has 3 N–H and O–H groups in total. The second-order valence-electron chi connectivity index (χ2n) is 5.53. The molecule has 1 aliphatic rings. The number of ether oxygens (including phenoxy) is 1. The third kappa shape index (κ3) is 3.36. The minimum Gasteiger partial charge on any atom is -0.497 e. The van der Waals surface area contributed by atoms with Gasteiger partial charge in [-0.2, -0.15) is 0 Å². The first-order valence-electron chi connectivity index (χ1n) is 7.51. The van der Waals surface area contributed by atoms with Crippen LogP contribution >= 0.6 is 0 Å². The quantitative estimate of drug-likeness (QED) is 0.858. The Balaban J connectivity index is 2.35. The van der Waals surface area contributed by atoms with Gasteiger partial charge in [-0.3, -0.25) is 9.69 Å². The second kappa shape index (κ2) is 6.91. The highest BCUT2D eigenvalue weighted by molar-refractivity contribution is 5.82. The second-order valence-corrected chi connectivity index (χ2v) is 5.53. The van der Waals surface area contributed by atoms with E-state index < -0.39 is 0 Å². The Morgan fingerprint density at radius 3 is 2.90 bits per heavy atom. The zero-order valence-corrected chi connectivity index (χ0v) is 13.0. The van der Waals surface area contributed by atoms with Crippen molar-refractivity contribution in [3.05, 3.63) is 29.8 Å². The summed E-state index contributed by atoms with van der Waals surface area (Å²) in [6.07, 6.45) is 0.777. The van der Waals surface area contributed by atoms with Crippen molar-refractivity contribution in [2.45, 2.75) is 38.4 Å². The summed E-state index contributed by atoms with van der Waals surface area (Å²) in [5, 5.41) is 2.93. The van der Waals surface area contributed by atoms with Crippen molar-refractivity contribution < 1.29 is 9.53 Å². The van der Waals surface area contributed by atoms with Gasteiger partial charge >= 0.3 is 0 Å². The smallest absolute Gasteiger partial charge is 0.237 e. The first kappa shape index (κ1) is 15.8. The molecule has 0 spiro atoms. The van der Waals surface area contributed by atoms with E-state index in [0.29, 0.717) is 6.54 Å². The topological polar surface area (TPSA) is 67.6 Å². The van der Waals surface area contributed by atoms with Crippen LogP contribution in [0.3, 0.4) is 0 Å². The van der Waals surface area contributed by atoms with Gasteiger partial charge in [0.15, 0.2) is 0 Å². The van der Waals surface area contributed by atoms with Crippen molar-refractivity contribution in [2.75, 3.05) is 20.2 Å². The predicted molar refractivity (Wildman–Crippen MR) is 83.2 cm³/mol. The number of nitrogens with zero attached hydrogens (tertiary/aromatic N) is 1. The lowest BCUT2D eigenvalue weighted by molar-refractivity contribution is -0.130. The summed E-state index contributed by atoms with van der Waals surface area (Å²) in [4.78, 5) is 14.3. The molecule has 3 unspecified atom stereocenters. The van der Waals surface area contributed by atoms with Crippen LogP contribution in [-0.2, 0) is 4.79 Å². The molecular formula is C16H25N3O2. The molecule has 5 heteroatoms. The van der Waals surface area contributed by atoms with Gasteiger partial charge in [-0.1, -0.05) is 19.1 Å². The number of carbonyl (C=O) groups is 1. The minimum atomic E-state index is -0.124. The molecule has 2 rings (SSSR count). The highest BCUT2D eigenvalue weighted by atomic mass is 16.5. The molecule has 1 amide bonds. The number of methoxy groups -OCH3 is 1. The first-order valence-corrected chi connectivity index (χ1v) is 7.51. The van der Waals surface area contributed by atoms with Gasteiger partial charge in [0.25, 0.3) is 0 Å². The molecule has 1 fully saturated rings. The van der Waals surface area contributed by atoms with Crippen molar-refractivity contribution in [3.8, 4) is 5.75 Å². The average Bonchev–Trinajstić information content (AvgIpc) is 2.47.